The van der Waals surface area contributed by atoms with E-state index in [0.717, 1.165) is 11.1 Å². The second kappa shape index (κ2) is 4.25. The minimum absolute atomic E-state index is 0.399. The number of carbonyl (C=O) groups is 1. The van der Waals surface area contributed by atoms with Crippen molar-refractivity contribution in [2.75, 3.05) is 5.73 Å². The van der Waals surface area contributed by atoms with Gasteiger partial charge in [0.15, 0.2) is 0 Å². The fraction of sp³-hybridized carbons (Fsp3) is 0.0769. The van der Waals surface area contributed by atoms with Crippen LogP contribution in [-0.2, 0) is 0 Å². The van der Waals surface area contributed by atoms with E-state index < -0.39 is 5.91 Å². The number of primary amides is 1. The van der Waals surface area contributed by atoms with Gasteiger partial charge in [0.25, 0.3) is 5.91 Å². The maximum atomic E-state index is 11.3. The summed E-state index contributed by atoms with van der Waals surface area (Å²) in [5, 5.41) is 0. The maximum absolute atomic E-state index is 11.3. The van der Waals surface area contributed by atoms with Gasteiger partial charge in [-0.05, 0) is 30.7 Å². The van der Waals surface area contributed by atoms with Gasteiger partial charge in [0, 0.05) is 17.4 Å². The normalized spacial score (nSPS) is 10.2. The number of benzene rings is 1. The second-order valence-electron chi connectivity index (χ2n) is 3.84. The number of nitrogen functional groups attached to an aromatic ring is 1. The molecule has 0 radical (unpaired) electrons. The summed E-state index contributed by atoms with van der Waals surface area (Å²) in [5.74, 6) is -0.493. The maximum Gasteiger partial charge on any atom is 0.250 e. The Morgan fingerprint density at radius 1 is 1.29 bits per heavy atom. The van der Waals surface area contributed by atoms with Gasteiger partial charge < -0.3 is 11.5 Å². The lowest BCUT2D eigenvalue weighted by molar-refractivity contribution is 0.100. The van der Waals surface area contributed by atoms with Crippen molar-refractivity contribution in [3.05, 3.63) is 47.7 Å². The second-order valence-corrected chi connectivity index (χ2v) is 3.84. The third-order valence-electron chi connectivity index (χ3n) is 2.63. The molecule has 0 saturated carbocycles. The van der Waals surface area contributed by atoms with Gasteiger partial charge in [-0.2, -0.15) is 0 Å². The molecule has 0 saturated heterocycles. The van der Waals surface area contributed by atoms with Crippen LogP contribution in [0.3, 0.4) is 0 Å². The summed E-state index contributed by atoms with van der Waals surface area (Å²) in [7, 11) is 0. The van der Waals surface area contributed by atoms with Crippen LogP contribution in [0.1, 0.15) is 15.9 Å². The molecule has 4 N–H and O–H groups in total. The lowest BCUT2D eigenvalue weighted by Gasteiger charge is -2.07. The molecule has 2 aromatic rings. The molecule has 17 heavy (non-hydrogen) atoms. The molecule has 4 heteroatoms. The Kier molecular flexibility index (Phi) is 2.78. The van der Waals surface area contributed by atoms with E-state index in [-0.39, 0.29) is 0 Å². The van der Waals surface area contributed by atoms with E-state index in [1.54, 1.807) is 24.4 Å². The molecular weight excluding hydrogens is 214 g/mol. The number of nitrogens with zero attached hydrogens (tertiary/aromatic N) is 1. The van der Waals surface area contributed by atoms with Crippen molar-refractivity contribution in [2.45, 2.75) is 6.92 Å². The first-order valence-corrected chi connectivity index (χ1v) is 5.21. The van der Waals surface area contributed by atoms with E-state index in [1.165, 1.54) is 0 Å². The van der Waals surface area contributed by atoms with Crippen LogP contribution in [0, 0.1) is 6.92 Å². The number of carbonyl (C=O) groups excluding carboxylic acids is 1. The van der Waals surface area contributed by atoms with E-state index >= 15 is 0 Å². The molecular formula is C13H13N3O. The van der Waals surface area contributed by atoms with E-state index in [9.17, 15) is 4.79 Å². The number of amides is 1. The Bertz CT molecular complexity index is 579. The monoisotopic (exact) mass is 227 g/mol. The van der Waals surface area contributed by atoms with Gasteiger partial charge in [-0.3, -0.25) is 9.78 Å². The highest BCUT2D eigenvalue weighted by molar-refractivity contribution is 5.98. The van der Waals surface area contributed by atoms with Crippen LogP contribution in [0.2, 0.25) is 0 Å². The molecule has 2 rings (SSSR count). The molecule has 1 amide bonds. The van der Waals surface area contributed by atoms with Crippen molar-refractivity contribution in [3.63, 3.8) is 0 Å². The molecule has 1 aromatic heterocycles. The van der Waals surface area contributed by atoms with Crippen LogP contribution in [0.25, 0.3) is 11.3 Å². The quantitative estimate of drug-likeness (QED) is 0.766. The number of aryl methyl sites for hydroxylation is 1. The molecule has 1 aromatic carbocycles. The lowest BCUT2D eigenvalue weighted by Crippen LogP contribution is -2.13. The van der Waals surface area contributed by atoms with Crippen LogP contribution < -0.4 is 11.5 Å². The van der Waals surface area contributed by atoms with Crippen LogP contribution >= 0.6 is 0 Å². The van der Waals surface area contributed by atoms with Crippen LogP contribution in [0.4, 0.5) is 5.69 Å². The SMILES string of the molecule is Cc1ccc(-c2ncccc2C(N)=O)cc1N. The largest absolute Gasteiger partial charge is 0.398 e. The van der Waals surface area contributed by atoms with E-state index in [1.807, 2.05) is 19.1 Å². The Morgan fingerprint density at radius 3 is 2.71 bits per heavy atom. The van der Waals surface area contributed by atoms with Crippen LogP contribution in [-0.4, -0.2) is 10.9 Å². The number of anilines is 1. The summed E-state index contributed by atoms with van der Waals surface area (Å²) in [5.41, 5.74) is 14.6. The summed E-state index contributed by atoms with van der Waals surface area (Å²) in [6.45, 7) is 1.92. The molecule has 0 aliphatic heterocycles. The number of pyridine rings is 1. The van der Waals surface area contributed by atoms with Crippen molar-refractivity contribution >= 4 is 11.6 Å². The zero-order valence-electron chi connectivity index (χ0n) is 9.47. The summed E-state index contributed by atoms with van der Waals surface area (Å²) >= 11 is 0. The number of hydrogen-bond acceptors (Lipinski definition) is 3. The highest BCUT2D eigenvalue weighted by atomic mass is 16.1. The van der Waals surface area contributed by atoms with Gasteiger partial charge in [0.05, 0.1) is 11.3 Å². The number of rotatable bonds is 2. The predicted molar refractivity (Wildman–Crippen MR) is 67.3 cm³/mol. The summed E-state index contributed by atoms with van der Waals surface area (Å²) in [6.07, 6.45) is 1.62. The first-order chi connectivity index (χ1) is 8.09. The highest BCUT2D eigenvalue weighted by Gasteiger charge is 2.11. The topological polar surface area (TPSA) is 82.0 Å². The standard InChI is InChI=1S/C13H13N3O/c1-8-4-5-9(7-11(8)14)12-10(13(15)17)3-2-6-16-12/h2-7H,14H2,1H3,(H2,15,17). The fourth-order valence-electron chi connectivity index (χ4n) is 1.62. The number of aromatic nitrogens is 1. The van der Waals surface area contributed by atoms with Gasteiger partial charge in [0.1, 0.15) is 0 Å². The minimum Gasteiger partial charge on any atom is -0.398 e. The molecule has 1 heterocycles. The van der Waals surface area contributed by atoms with E-state index in [4.69, 9.17) is 11.5 Å². The van der Waals surface area contributed by atoms with Gasteiger partial charge in [-0.1, -0.05) is 12.1 Å². The van der Waals surface area contributed by atoms with E-state index in [2.05, 4.69) is 4.98 Å². The van der Waals surface area contributed by atoms with Crippen molar-refractivity contribution in [2.24, 2.45) is 5.73 Å². The van der Waals surface area contributed by atoms with Gasteiger partial charge in [-0.15, -0.1) is 0 Å². The number of hydrogen-bond donors (Lipinski definition) is 2. The molecule has 0 spiro atoms. The Labute approximate surface area is 99.3 Å². The van der Waals surface area contributed by atoms with Crippen molar-refractivity contribution in [3.8, 4) is 11.3 Å². The molecule has 0 aliphatic carbocycles. The average molecular weight is 227 g/mol. The van der Waals surface area contributed by atoms with Crippen LogP contribution in [0.5, 0.6) is 0 Å². The van der Waals surface area contributed by atoms with Crippen molar-refractivity contribution < 1.29 is 4.79 Å². The third kappa shape index (κ3) is 2.10. The molecule has 4 nitrogen and oxygen atoms in total. The van der Waals surface area contributed by atoms with Crippen molar-refractivity contribution in [1.82, 2.24) is 4.98 Å². The third-order valence-corrected chi connectivity index (χ3v) is 2.63. The zero-order valence-corrected chi connectivity index (χ0v) is 9.47. The molecule has 0 fully saturated rings. The molecule has 0 atom stereocenters. The van der Waals surface area contributed by atoms with Crippen molar-refractivity contribution in [1.29, 1.82) is 0 Å². The fourth-order valence-corrected chi connectivity index (χ4v) is 1.62. The smallest absolute Gasteiger partial charge is 0.250 e. The lowest BCUT2D eigenvalue weighted by atomic mass is 10.0. The molecule has 0 aliphatic rings. The molecule has 0 unspecified atom stereocenters. The average Bonchev–Trinajstić information content (AvgIpc) is 2.32. The number of nitrogens with two attached hydrogens (primary N) is 2. The summed E-state index contributed by atoms with van der Waals surface area (Å²) in [4.78, 5) is 15.5. The first-order valence-electron chi connectivity index (χ1n) is 5.21. The van der Waals surface area contributed by atoms with Gasteiger partial charge in [-0.25, -0.2) is 0 Å². The first kappa shape index (κ1) is 11.1. The minimum atomic E-state index is -0.493. The van der Waals surface area contributed by atoms with Crippen LogP contribution in [0.15, 0.2) is 36.5 Å². The highest BCUT2D eigenvalue weighted by Crippen LogP contribution is 2.24. The summed E-state index contributed by atoms with van der Waals surface area (Å²) < 4.78 is 0. The Hall–Kier alpha value is -2.36. The van der Waals surface area contributed by atoms with Gasteiger partial charge in [0.2, 0.25) is 0 Å². The predicted octanol–water partition coefficient (Wildman–Crippen LogP) is 1.74. The Balaban J connectivity index is 2.60. The molecule has 0 bridgehead atoms. The Morgan fingerprint density at radius 2 is 2.06 bits per heavy atom. The van der Waals surface area contributed by atoms with Gasteiger partial charge >= 0.3 is 0 Å². The molecule has 86 valence electrons. The summed E-state index contributed by atoms with van der Waals surface area (Å²) in [6, 6.07) is 8.90. The zero-order chi connectivity index (χ0) is 12.4. The van der Waals surface area contributed by atoms with E-state index in [0.29, 0.717) is 16.9 Å².